The largest absolute Gasteiger partial charge is 0.365 e. The lowest BCUT2D eigenvalue weighted by atomic mass is 10.0. The maximum absolute atomic E-state index is 5.71. The molecule has 1 aromatic rings. The second kappa shape index (κ2) is 3.32. The molecule has 1 aliphatic rings. The molecule has 13 heavy (non-hydrogen) atoms. The van der Waals surface area contributed by atoms with Crippen molar-refractivity contribution in [3.8, 4) is 0 Å². The number of rotatable bonds is 3. The zero-order chi connectivity index (χ0) is 9.31. The van der Waals surface area contributed by atoms with Crippen LogP contribution in [0.2, 0.25) is 0 Å². The summed E-state index contributed by atoms with van der Waals surface area (Å²) in [6.45, 7) is 6.52. The molecule has 1 saturated heterocycles. The second-order valence-corrected chi connectivity index (χ2v) is 4.82. The predicted octanol–water partition coefficient (Wildman–Crippen LogP) is 0.725. The van der Waals surface area contributed by atoms with Crippen molar-refractivity contribution in [1.29, 1.82) is 0 Å². The van der Waals surface area contributed by atoms with Crippen molar-refractivity contribution in [3.05, 3.63) is 10.0 Å². The van der Waals surface area contributed by atoms with Crippen molar-refractivity contribution in [2.45, 2.75) is 26.1 Å². The number of aromatic nitrogens is 2. The lowest BCUT2D eigenvalue weighted by Crippen LogP contribution is -2.58. The fourth-order valence-corrected chi connectivity index (χ4v) is 1.83. The highest BCUT2D eigenvalue weighted by molar-refractivity contribution is 7.11. The molecule has 0 saturated carbocycles. The van der Waals surface area contributed by atoms with Gasteiger partial charge in [0.05, 0.1) is 5.60 Å². The highest BCUT2D eigenvalue weighted by atomic mass is 32.1. The molecule has 1 fully saturated rings. The molecule has 0 radical (unpaired) electrons. The summed E-state index contributed by atoms with van der Waals surface area (Å²) >= 11 is 1.60. The van der Waals surface area contributed by atoms with Gasteiger partial charge in [0.1, 0.15) is 16.6 Å². The Labute approximate surface area is 81.3 Å². The second-order valence-electron chi connectivity index (χ2n) is 3.56. The van der Waals surface area contributed by atoms with Gasteiger partial charge in [0.25, 0.3) is 0 Å². The molecule has 1 aromatic heterocycles. The van der Waals surface area contributed by atoms with Gasteiger partial charge < -0.3 is 10.1 Å². The molecule has 0 amide bonds. The lowest BCUT2D eigenvalue weighted by molar-refractivity contribution is -0.0769. The molecule has 0 atom stereocenters. The summed E-state index contributed by atoms with van der Waals surface area (Å²) in [5.41, 5.74) is 0.0135. The Morgan fingerprint density at radius 3 is 2.77 bits per heavy atom. The van der Waals surface area contributed by atoms with Crippen LogP contribution in [-0.4, -0.2) is 28.9 Å². The van der Waals surface area contributed by atoms with Crippen molar-refractivity contribution in [2.75, 3.05) is 13.1 Å². The van der Waals surface area contributed by atoms with Crippen molar-refractivity contribution >= 4 is 11.3 Å². The maximum Gasteiger partial charge on any atom is 0.143 e. The summed E-state index contributed by atoms with van der Waals surface area (Å²) in [5, 5.41) is 13.1. The minimum Gasteiger partial charge on any atom is -0.365 e. The Kier molecular flexibility index (Phi) is 2.31. The standard InChI is InChI=1S/C8H13N3OS/c1-6-10-11-7(13-6)3-12-8(2)4-9-5-8/h9H,3-5H2,1-2H3. The van der Waals surface area contributed by atoms with Crippen LogP contribution in [0.25, 0.3) is 0 Å². The van der Waals surface area contributed by atoms with Crippen LogP contribution >= 0.6 is 11.3 Å². The minimum atomic E-state index is 0.0135. The van der Waals surface area contributed by atoms with Crippen LogP contribution in [0, 0.1) is 6.92 Å². The number of nitrogens with one attached hydrogen (secondary N) is 1. The smallest absolute Gasteiger partial charge is 0.143 e. The van der Waals surface area contributed by atoms with Gasteiger partial charge in [-0.05, 0) is 13.8 Å². The average molecular weight is 199 g/mol. The third kappa shape index (κ3) is 2.04. The molecule has 5 heteroatoms. The zero-order valence-corrected chi connectivity index (χ0v) is 8.65. The highest BCUT2D eigenvalue weighted by Gasteiger charge is 2.32. The first-order chi connectivity index (χ1) is 6.18. The molecule has 2 rings (SSSR count). The van der Waals surface area contributed by atoms with Gasteiger partial charge >= 0.3 is 0 Å². The van der Waals surface area contributed by atoms with Crippen LogP contribution in [0.4, 0.5) is 0 Å². The molecule has 4 nitrogen and oxygen atoms in total. The fourth-order valence-electron chi connectivity index (χ4n) is 1.21. The summed E-state index contributed by atoms with van der Waals surface area (Å²) in [5.74, 6) is 0. The zero-order valence-electron chi connectivity index (χ0n) is 7.83. The third-order valence-electron chi connectivity index (χ3n) is 2.11. The van der Waals surface area contributed by atoms with E-state index in [0.717, 1.165) is 23.1 Å². The SMILES string of the molecule is Cc1nnc(COC2(C)CNC2)s1. The van der Waals surface area contributed by atoms with Crippen LogP contribution in [0.1, 0.15) is 16.9 Å². The van der Waals surface area contributed by atoms with Gasteiger partial charge in [-0.1, -0.05) is 11.3 Å². The summed E-state index contributed by atoms with van der Waals surface area (Å²) in [6, 6.07) is 0. The van der Waals surface area contributed by atoms with Crippen molar-refractivity contribution in [1.82, 2.24) is 15.5 Å². The first kappa shape index (κ1) is 9.05. The van der Waals surface area contributed by atoms with Gasteiger partial charge in [-0.15, -0.1) is 10.2 Å². The van der Waals surface area contributed by atoms with E-state index in [-0.39, 0.29) is 5.60 Å². The predicted molar refractivity (Wildman–Crippen MR) is 50.7 cm³/mol. The van der Waals surface area contributed by atoms with Crippen LogP contribution in [0.5, 0.6) is 0 Å². The van der Waals surface area contributed by atoms with Crippen molar-refractivity contribution < 1.29 is 4.74 Å². The Balaban J connectivity index is 1.85. The highest BCUT2D eigenvalue weighted by Crippen LogP contribution is 2.18. The molecule has 2 heterocycles. The topological polar surface area (TPSA) is 47.0 Å². The number of hydrogen-bond acceptors (Lipinski definition) is 5. The first-order valence-corrected chi connectivity index (χ1v) is 5.13. The van der Waals surface area contributed by atoms with E-state index in [1.54, 1.807) is 11.3 Å². The maximum atomic E-state index is 5.71. The molecule has 0 aromatic carbocycles. The third-order valence-corrected chi connectivity index (χ3v) is 2.92. The van der Waals surface area contributed by atoms with E-state index in [4.69, 9.17) is 4.74 Å². The Hall–Kier alpha value is -0.520. The van der Waals surface area contributed by atoms with Gasteiger partial charge in [-0.3, -0.25) is 0 Å². The van der Waals surface area contributed by atoms with Gasteiger partial charge in [-0.25, -0.2) is 0 Å². The molecular weight excluding hydrogens is 186 g/mol. The summed E-state index contributed by atoms with van der Waals surface area (Å²) < 4.78 is 5.71. The lowest BCUT2D eigenvalue weighted by Gasteiger charge is -2.38. The molecule has 0 unspecified atom stereocenters. The summed E-state index contributed by atoms with van der Waals surface area (Å²) in [6.07, 6.45) is 0. The Bertz CT molecular complexity index is 295. The van der Waals surface area contributed by atoms with E-state index in [1.165, 1.54) is 0 Å². The minimum absolute atomic E-state index is 0.0135. The Morgan fingerprint density at radius 2 is 2.31 bits per heavy atom. The Morgan fingerprint density at radius 1 is 1.54 bits per heavy atom. The molecule has 0 aliphatic carbocycles. The number of ether oxygens (including phenoxy) is 1. The quantitative estimate of drug-likeness (QED) is 0.779. The fraction of sp³-hybridized carbons (Fsp3) is 0.750. The first-order valence-electron chi connectivity index (χ1n) is 4.32. The van der Waals surface area contributed by atoms with E-state index in [2.05, 4.69) is 22.4 Å². The van der Waals surface area contributed by atoms with E-state index in [9.17, 15) is 0 Å². The van der Waals surface area contributed by atoms with E-state index in [0.29, 0.717) is 6.61 Å². The number of hydrogen-bond donors (Lipinski definition) is 1. The van der Waals surface area contributed by atoms with E-state index < -0.39 is 0 Å². The van der Waals surface area contributed by atoms with E-state index in [1.807, 2.05) is 6.92 Å². The van der Waals surface area contributed by atoms with Crippen LogP contribution in [0.3, 0.4) is 0 Å². The monoisotopic (exact) mass is 199 g/mol. The molecule has 0 spiro atoms. The normalized spacial score (nSPS) is 19.8. The summed E-state index contributed by atoms with van der Waals surface area (Å²) in [4.78, 5) is 0. The van der Waals surface area contributed by atoms with E-state index >= 15 is 0 Å². The molecule has 1 aliphatic heterocycles. The van der Waals surface area contributed by atoms with Crippen LogP contribution in [0.15, 0.2) is 0 Å². The van der Waals surface area contributed by atoms with Crippen LogP contribution in [-0.2, 0) is 11.3 Å². The van der Waals surface area contributed by atoms with Gasteiger partial charge in [-0.2, -0.15) is 0 Å². The summed E-state index contributed by atoms with van der Waals surface area (Å²) in [7, 11) is 0. The van der Waals surface area contributed by atoms with Crippen LogP contribution < -0.4 is 5.32 Å². The molecule has 72 valence electrons. The van der Waals surface area contributed by atoms with Gasteiger partial charge in [0.15, 0.2) is 0 Å². The average Bonchev–Trinajstić information content (AvgIpc) is 2.44. The van der Waals surface area contributed by atoms with Crippen molar-refractivity contribution in [3.63, 3.8) is 0 Å². The van der Waals surface area contributed by atoms with Crippen molar-refractivity contribution in [2.24, 2.45) is 0 Å². The molecule has 0 bridgehead atoms. The molecular formula is C8H13N3OS. The molecule has 1 N–H and O–H groups in total. The number of aryl methyl sites for hydroxylation is 1. The van der Waals surface area contributed by atoms with Gasteiger partial charge in [0, 0.05) is 13.1 Å². The number of nitrogens with zero attached hydrogens (tertiary/aromatic N) is 2. The van der Waals surface area contributed by atoms with Gasteiger partial charge in [0.2, 0.25) is 0 Å².